The van der Waals surface area contributed by atoms with Crippen molar-refractivity contribution >= 4 is 28.9 Å². The lowest BCUT2D eigenvalue weighted by Gasteiger charge is -2.21. The van der Waals surface area contributed by atoms with Crippen LogP contribution < -0.4 is 10.1 Å². The standard InChI is InChI=1S/C24H28N4O5.ClH/c1-30-11-8-27(9-12-31-2)10-13-32-19-5-6-23-20(15-19)21(26-29)16-24(33-23)22-14-18-4-3-7-28(18)17-25-22;/h3-7,14-17,29H,8-13H2,1-2H3;1H/b26-21-;. The van der Waals surface area contributed by atoms with Gasteiger partial charge in [-0.05, 0) is 36.4 Å². The molecule has 9 nitrogen and oxygen atoms in total. The van der Waals surface area contributed by atoms with E-state index in [1.165, 1.54) is 0 Å². The first-order chi connectivity index (χ1) is 16.2. The number of hydrogen-bond donors (Lipinski definition) is 1. The van der Waals surface area contributed by atoms with E-state index >= 15 is 0 Å². The highest BCUT2D eigenvalue weighted by molar-refractivity contribution is 5.85. The van der Waals surface area contributed by atoms with Gasteiger partial charge in [0.05, 0.1) is 24.9 Å². The molecule has 3 heterocycles. The molecule has 0 fully saturated rings. The fourth-order valence-corrected chi connectivity index (χ4v) is 3.59. The third kappa shape index (κ3) is 6.06. The van der Waals surface area contributed by atoms with E-state index in [1.54, 1.807) is 26.6 Å². The third-order valence-electron chi connectivity index (χ3n) is 5.39. The number of halogens is 1. The normalized spacial score (nSPS) is 11.9. The average molecular weight is 489 g/mol. The molecule has 182 valence electrons. The van der Waals surface area contributed by atoms with Gasteiger partial charge in [-0.15, -0.1) is 12.4 Å². The first kappa shape index (κ1) is 25.5. The largest absolute Gasteiger partial charge is 0.492 e. The first-order valence-electron chi connectivity index (χ1n) is 10.7. The highest BCUT2D eigenvalue weighted by atomic mass is 35.5. The maximum atomic E-state index is 9.64. The Morgan fingerprint density at radius 3 is 2.53 bits per heavy atom. The van der Waals surface area contributed by atoms with Crippen molar-refractivity contribution < 1.29 is 23.8 Å². The van der Waals surface area contributed by atoms with E-state index in [2.05, 4.69) is 15.0 Å². The number of nitrogens with zero attached hydrogens (tertiary/aromatic N) is 4. The predicted octanol–water partition coefficient (Wildman–Crippen LogP) is 3.43. The van der Waals surface area contributed by atoms with Crippen LogP contribution in [0, 0.1) is 0 Å². The van der Waals surface area contributed by atoms with Crippen LogP contribution >= 0.6 is 12.4 Å². The Kier molecular flexibility index (Phi) is 9.29. The van der Waals surface area contributed by atoms with Crippen molar-refractivity contribution in [3.8, 4) is 17.2 Å². The second-order valence-electron chi connectivity index (χ2n) is 7.54. The van der Waals surface area contributed by atoms with E-state index < -0.39 is 0 Å². The number of rotatable bonds is 11. The van der Waals surface area contributed by atoms with Gasteiger partial charge in [-0.25, -0.2) is 4.98 Å². The Labute approximate surface area is 203 Å². The van der Waals surface area contributed by atoms with E-state index in [0.717, 1.165) is 25.2 Å². The van der Waals surface area contributed by atoms with Gasteiger partial charge < -0.3 is 28.2 Å². The summed E-state index contributed by atoms with van der Waals surface area (Å²) in [5, 5.41) is 14.1. The highest BCUT2D eigenvalue weighted by Gasteiger charge is 2.10. The monoisotopic (exact) mass is 488 g/mol. The van der Waals surface area contributed by atoms with Gasteiger partial charge >= 0.3 is 0 Å². The lowest BCUT2D eigenvalue weighted by molar-refractivity contribution is 0.104. The molecule has 0 saturated heterocycles. The second kappa shape index (κ2) is 12.4. The Balaban J connectivity index is 0.00000324. The van der Waals surface area contributed by atoms with E-state index in [9.17, 15) is 5.21 Å². The highest BCUT2D eigenvalue weighted by Crippen LogP contribution is 2.24. The van der Waals surface area contributed by atoms with Crippen LogP contribution in [0.3, 0.4) is 0 Å². The SMILES string of the molecule is COCCN(CCOC)CCOc1ccc2oc(-c3cc4cccn4cn3)c/c(=N/O)c2c1.Cl. The van der Waals surface area contributed by atoms with Crippen LogP contribution in [0.25, 0.3) is 27.9 Å². The summed E-state index contributed by atoms with van der Waals surface area (Å²) in [5.41, 5.74) is 2.22. The van der Waals surface area contributed by atoms with Gasteiger partial charge in [-0.2, -0.15) is 0 Å². The Morgan fingerprint density at radius 2 is 1.79 bits per heavy atom. The molecular weight excluding hydrogens is 460 g/mol. The minimum atomic E-state index is 0. The maximum absolute atomic E-state index is 9.64. The second-order valence-corrected chi connectivity index (χ2v) is 7.54. The van der Waals surface area contributed by atoms with Crippen molar-refractivity contribution in [3.63, 3.8) is 0 Å². The van der Waals surface area contributed by atoms with Crippen molar-refractivity contribution in [2.75, 3.05) is 53.7 Å². The summed E-state index contributed by atoms with van der Waals surface area (Å²) >= 11 is 0. The number of fused-ring (bicyclic) bond motifs is 2. The molecule has 0 aliphatic heterocycles. The van der Waals surface area contributed by atoms with Crippen LogP contribution in [0.2, 0.25) is 0 Å². The van der Waals surface area contributed by atoms with Crippen molar-refractivity contribution in [2.45, 2.75) is 0 Å². The Morgan fingerprint density at radius 1 is 1.03 bits per heavy atom. The zero-order valence-corrected chi connectivity index (χ0v) is 20.0. The van der Waals surface area contributed by atoms with Gasteiger partial charge in [0.1, 0.15) is 29.0 Å². The molecule has 10 heteroatoms. The number of methoxy groups -OCH3 is 2. The fourth-order valence-electron chi connectivity index (χ4n) is 3.59. The van der Waals surface area contributed by atoms with E-state index in [0.29, 0.717) is 53.4 Å². The van der Waals surface area contributed by atoms with Crippen LogP contribution in [-0.2, 0) is 9.47 Å². The molecule has 34 heavy (non-hydrogen) atoms. The van der Waals surface area contributed by atoms with Gasteiger partial charge in [0, 0.05) is 51.6 Å². The van der Waals surface area contributed by atoms with E-state index in [-0.39, 0.29) is 12.4 Å². The Hall–Kier alpha value is -3.11. The van der Waals surface area contributed by atoms with Crippen LogP contribution in [0.4, 0.5) is 0 Å². The van der Waals surface area contributed by atoms with Crippen molar-refractivity contribution in [1.29, 1.82) is 0 Å². The molecule has 0 spiro atoms. The van der Waals surface area contributed by atoms with Crippen molar-refractivity contribution in [3.05, 3.63) is 60.3 Å². The lowest BCUT2D eigenvalue weighted by atomic mass is 10.2. The summed E-state index contributed by atoms with van der Waals surface area (Å²) < 4.78 is 24.3. The molecule has 0 bridgehead atoms. The van der Waals surface area contributed by atoms with Crippen molar-refractivity contribution in [1.82, 2.24) is 14.3 Å². The van der Waals surface area contributed by atoms with Gasteiger partial charge in [0.15, 0.2) is 5.76 Å². The number of benzene rings is 1. The minimum absolute atomic E-state index is 0. The molecule has 1 N–H and O–H groups in total. The predicted molar refractivity (Wildman–Crippen MR) is 131 cm³/mol. The fraction of sp³-hybridized carbons (Fsp3) is 0.333. The summed E-state index contributed by atoms with van der Waals surface area (Å²) in [6.07, 6.45) is 3.65. The summed E-state index contributed by atoms with van der Waals surface area (Å²) in [6.45, 7) is 4.15. The molecule has 4 rings (SSSR count). The average Bonchev–Trinajstić information content (AvgIpc) is 3.32. The zero-order valence-electron chi connectivity index (χ0n) is 19.2. The van der Waals surface area contributed by atoms with E-state index in [1.807, 2.05) is 47.0 Å². The molecule has 0 aliphatic carbocycles. The first-order valence-corrected chi connectivity index (χ1v) is 10.7. The lowest BCUT2D eigenvalue weighted by Crippen LogP contribution is -2.34. The number of aromatic nitrogens is 2. The number of hydrogen-bond acceptors (Lipinski definition) is 8. The zero-order chi connectivity index (χ0) is 23.0. The molecule has 1 aromatic carbocycles. The summed E-state index contributed by atoms with van der Waals surface area (Å²) in [4.78, 5) is 6.67. The quantitative estimate of drug-likeness (QED) is 0.255. The summed E-state index contributed by atoms with van der Waals surface area (Å²) in [7, 11) is 3.38. The smallest absolute Gasteiger partial charge is 0.155 e. The molecule has 0 unspecified atom stereocenters. The van der Waals surface area contributed by atoms with Crippen LogP contribution in [0.5, 0.6) is 5.75 Å². The van der Waals surface area contributed by atoms with Crippen LogP contribution in [-0.4, -0.2) is 73.2 Å². The Bertz CT molecular complexity index is 1270. The van der Waals surface area contributed by atoms with E-state index in [4.69, 9.17) is 18.6 Å². The molecule has 4 aromatic rings. The van der Waals surface area contributed by atoms with Gasteiger partial charge in [-0.3, -0.25) is 4.90 Å². The summed E-state index contributed by atoms with van der Waals surface area (Å²) in [6, 6.07) is 13.0. The number of ether oxygens (including phenoxy) is 3. The van der Waals surface area contributed by atoms with Crippen LogP contribution in [0.1, 0.15) is 0 Å². The van der Waals surface area contributed by atoms with Gasteiger partial charge in [0.2, 0.25) is 0 Å². The topological polar surface area (TPSA) is 94.0 Å². The summed E-state index contributed by atoms with van der Waals surface area (Å²) in [5.74, 6) is 1.18. The maximum Gasteiger partial charge on any atom is 0.155 e. The van der Waals surface area contributed by atoms with Gasteiger partial charge in [-0.1, -0.05) is 5.16 Å². The van der Waals surface area contributed by atoms with Crippen molar-refractivity contribution in [2.24, 2.45) is 5.16 Å². The molecule has 3 aromatic heterocycles. The van der Waals surface area contributed by atoms with Crippen LogP contribution in [0.15, 0.2) is 64.6 Å². The molecule has 0 radical (unpaired) electrons. The molecular formula is C24H29ClN4O5. The molecule has 0 amide bonds. The molecule has 0 aliphatic rings. The molecule has 0 saturated carbocycles. The third-order valence-corrected chi connectivity index (χ3v) is 5.39. The minimum Gasteiger partial charge on any atom is -0.492 e. The van der Waals surface area contributed by atoms with Gasteiger partial charge in [0.25, 0.3) is 0 Å². The molecule has 0 atom stereocenters.